The van der Waals surface area contributed by atoms with Crippen molar-refractivity contribution in [2.75, 3.05) is 23.3 Å². The van der Waals surface area contributed by atoms with Crippen molar-refractivity contribution >= 4 is 29.0 Å². The van der Waals surface area contributed by atoms with Crippen molar-refractivity contribution in [2.24, 2.45) is 0 Å². The van der Waals surface area contributed by atoms with Gasteiger partial charge >= 0.3 is 0 Å². The molecule has 1 aliphatic heterocycles. The number of carbonyl (C=O) groups excluding carboxylic acids is 1. The molecule has 1 saturated carbocycles. The predicted octanol–water partition coefficient (Wildman–Crippen LogP) is 5.85. The Morgan fingerprint density at radius 2 is 1.53 bits per heavy atom. The number of benzene rings is 2. The van der Waals surface area contributed by atoms with Crippen molar-refractivity contribution in [3.05, 3.63) is 71.2 Å². The first kappa shape index (κ1) is 21.0. The van der Waals surface area contributed by atoms with Crippen LogP contribution in [0.25, 0.3) is 11.3 Å². The van der Waals surface area contributed by atoms with E-state index >= 15 is 0 Å². The number of nitrogens with zero attached hydrogens (tertiary/aromatic N) is 3. The normalized spacial score (nSPS) is 17.5. The van der Waals surface area contributed by atoms with Crippen molar-refractivity contribution in [3.63, 3.8) is 0 Å². The molecule has 2 aromatic carbocycles. The van der Waals surface area contributed by atoms with E-state index in [9.17, 15) is 4.79 Å². The number of hydrogen-bond donors (Lipinski definition) is 1. The molecule has 1 N–H and O–H groups in total. The maximum atomic E-state index is 13.4. The quantitative estimate of drug-likeness (QED) is 0.534. The van der Waals surface area contributed by atoms with Crippen LogP contribution in [0.2, 0.25) is 5.02 Å². The molecule has 2 aliphatic rings. The third kappa shape index (κ3) is 4.09. The largest absolute Gasteiger partial charge is 0.355 e. The SMILES string of the molecule is O=C(Nc1ccc(-c2ccc(N3CCCC3)nn2)cc1)C1(c2ccc(Cl)cc2)CCCC1. The molecule has 1 saturated heterocycles. The number of nitrogens with one attached hydrogen (secondary N) is 1. The van der Waals surface area contributed by atoms with E-state index in [2.05, 4.69) is 20.4 Å². The van der Waals surface area contributed by atoms with Gasteiger partial charge in [-0.15, -0.1) is 10.2 Å². The number of carbonyl (C=O) groups is 1. The Morgan fingerprint density at radius 3 is 2.16 bits per heavy atom. The molecule has 1 aliphatic carbocycles. The summed E-state index contributed by atoms with van der Waals surface area (Å²) < 4.78 is 0. The zero-order valence-corrected chi connectivity index (χ0v) is 18.8. The molecule has 2 heterocycles. The summed E-state index contributed by atoms with van der Waals surface area (Å²) in [7, 11) is 0. The van der Waals surface area contributed by atoms with E-state index in [4.69, 9.17) is 11.6 Å². The minimum absolute atomic E-state index is 0.0554. The van der Waals surface area contributed by atoms with Crippen LogP contribution in [0.1, 0.15) is 44.1 Å². The molecule has 0 unspecified atom stereocenters. The topological polar surface area (TPSA) is 58.1 Å². The molecule has 2 fully saturated rings. The molecule has 32 heavy (non-hydrogen) atoms. The molecule has 164 valence electrons. The second-order valence-electron chi connectivity index (χ2n) is 8.80. The van der Waals surface area contributed by atoms with E-state index in [1.165, 1.54) is 12.8 Å². The van der Waals surface area contributed by atoms with Gasteiger partial charge in [-0.05, 0) is 67.6 Å². The third-order valence-electron chi connectivity index (χ3n) is 6.81. The fourth-order valence-electron chi connectivity index (χ4n) is 4.96. The summed E-state index contributed by atoms with van der Waals surface area (Å²) >= 11 is 6.07. The summed E-state index contributed by atoms with van der Waals surface area (Å²) in [4.78, 5) is 15.6. The number of aromatic nitrogens is 2. The second-order valence-corrected chi connectivity index (χ2v) is 9.23. The average molecular weight is 447 g/mol. The van der Waals surface area contributed by atoms with Crippen molar-refractivity contribution < 1.29 is 4.79 Å². The Morgan fingerprint density at radius 1 is 0.844 bits per heavy atom. The fraction of sp³-hybridized carbons (Fsp3) is 0.346. The highest BCUT2D eigenvalue weighted by Gasteiger charge is 2.42. The maximum Gasteiger partial charge on any atom is 0.235 e. The lowest BCUT2D eigenvalue weighted by Gasteiger charge is -2.28. The zero-order valence-electron chi connectivity index (χ0n) is 18.1. The van der Waals surface area contributed by atoms with Gasteiger partial charge in [0.25, 0.3) is 0 Å². The molecular formula is C26H27ClN4O. The smallest absolute Gasteiger partial charge is 0.235 e. The monoisotopic (exact) mass is 446 g/mol. The van der Waals surface area contributed by atoms with Crippen LogP contribution >= 0.6 is 11.6 Å². The molecule has 0 atom stereocenters. The maximum absolute atomic E-state index is 13.4. The lowest BCUT2D eigenvalue weighted by atomic mass is 9.78. The highest BCUT2D eigenvalue weighted by atomic mass is 35.5. The standard InChI is InChI=1S/C26H27ClN4O/c27-21-9-7-20(8-10-21)26(15-1-2-16-26)25(32)28-22-11-5-19(6-12-22)23-13-14-24(30-29-23)31-17-3-4-18-31/h5-14H,1-4,15-18H2,(H,28,32). The van der Waals surface area contributed by atoms with Gasteiger partial charge in [-0.25, -0.2) is 0 Å². The Bertz CT molecular complexity index is 1070. The Kier molecular flexibility index (Phi) is 5.83. The van der Waals surface area contributed by atoms with E-state index in [-0.39, 0.29) is 5.91 Å². The Labute approximate surface area is 193 Å². The van der Waals surface area contributed by atoms with Gasteiger partial charge in [0.1, 0.15) is 0 Å². The summed E-state index contributed by atoms with van der Waals surface area (Å²) in [6.07, 6.45) is 6.27. The van der Waals surface area contributed by atoms with Crippen LogP contribution in [0.15, 0.2) is 60.7 Å². The number of halogens is 1. The van der Waals surface area contributed by atoms with Gasteiger partial charge in [-0.3, -0.25) is 4.79 Å². The molecule has 5 rings (SSSR count). The molecule has 6 heteroatoms. The van der Waals surface area contributed by atoms with Gasteiger partial charge in [-0.2, -0.15) is 0 Å². The first-order chi connectivity index (χ1) is 15.6. The fourth-order valence-corrected chi connectivity index (χ4v) is 5.09. The number of hydrogen-bond acceptors (Lipinski definition) is 4. The minimum Gasteiger partial charge on any atom is -0.355 e. The van der Waals surface area contributed by atoms with E-state index in [1.54, 1.807) is 0 Å². The molecule has 5 nitrogen and oxygen atoms in total. The molecule has 0 bridgehead atoms. The Hall–Kier alpha value is -2.92. The van der Waals surface area contributed by atoms with Gasteiger partial charge < -0.3 is 10.2 Å². The summed E-state index contributed by atoms with van der Waals surface area (Å²) in [6.45, 7) is 2.11. The molecule has 0 spiro atoms. The Balaban J connectivity index is 1.30. The second kappa shape index (κ2) is 8.91. The van der Waals surface area contributed by atoms with Crippen molar-refractivity contribution in [3.8, 4) is 11.3 Å². The molecule has 0 radical (unpaired) electrons. The average Bonchev–Trinajstić information content (AvgIpc) is 3.54. The summed E-state index contributed by atoms with van der Waals surface area (Å²) in [5.74, 6) is 0.999. The zero-order chi connectivity index (χ0) is 22.0. The van der Waals surface area contributed by atoms with Crippen LogP contribution < -0.4 is 10.2 Å². The van der Waals surface area contributed by atoms with Gasteiger partial charge in [0, 0.05) is 29.4 Å². The van der Waals surface area contributed by atoms with Crippen molar-refractivity contribution in [2.45, 2.75) is 43.9 Å². The first-order valence-corrected chi connectivity index (χ1v) is 11.8. The van der Waals surface area contributed by atoms with Crippen LogP contribution in [0, 0.1) is 0 Å². The lowest BCUT2D eigenvalue weighted by molar-refractivity contribution is -0.121. The van der Waals surface area contributed by atoms with Crippen LogP contribution in [0.5, 0.6) is 0 Å². The summed E-state index contributed by atoms with van der Waals surface area (Å²) in [6, 6.07) is 19.6. The number of anilines is 2. The molecule has 3 aromatic rings. The van der Waals surface area contributed by atoms with Crippen LogP contribution in [-0.2, 0) is 10.2 Å². The van der Waals surface area contributed by atoms with Gasteiger partial charge in [-0.1, -0.05) is 48.7 Å². The molecule has 1 amide bonds. The molecular weight excluding hydrogens is 420 g/mol. The van der Waals surface area contributed by atoms with E-state index in [0.717, 1.165) is 67.1 Å². The highest BCUT2D eigenvalue weighted by Crippen LogP contribution is 2.42. The first-order valence-electron chi connectivity index (χ1n) is 11.4. The van der Waals surface area contributed by atoms with Crippen LogP contribution in [0.4, 0.5) is 11.5 Å². The van der Waals surface area contributed by atoms with E-state index in [0.29, 0.717) is 5.02 Å². The highest BCUT2D eigenvalue weighted by molar-refractivity contribution is 6.30. The summed E-state index contributed by atoms with van der Waals surface area (Å²) in [5.41, 5.74) is 3.17. The van der Waals surface area contributed by atoms with Crippen molar-refractivity contribution in [1.82, 2.24) is 10.2 Å². The van der Waals surface area contributed by atoms with Crippen LogP contribution in [0.3, 0.4) is 0 Å². The predicted molar refractivity (Wildman–Crippen MR) is 129 cm³/mol. The number of amides is 1. The van der Waals surface area contributed by atoms with Gasteiger partial charge in [0.15, 0.2) is 5.82 Å². The van der Waals surface area contributed by atoms with E-state index in [1.807, 2.05) is 60.7 Å². The van der Waals surface area contributed by atoms with E-state index < -0.39 is 5.41 Å². The lowest BCUT2D eigenvalue weighted by Crippen LogP contribution is -2.37. The van der Waals surface area contributed by atoms with Gasteiger partial charge in [0.05, 0.1) is 11.1 Å². The van der Waals surface area contributed by atoms with Gasteiger partial charge in [0.2, 0.25) is 5.91 Å². The number of rotatable bonds is 5. The third-order valence-corrected chi connectivity index (χ3v) is 7.06. The molecule has 1 aromatic heterocycles. The van der Waals surface area contributed by atoms with Crippen LogP contribution in [-0.4, -0.2) is 29.2 Å². The minimum atomic E-state index is -0.486. The summed E-state index contributed by atoms with van der Waals surface area (Å²) in [5, 5.41) is 12.7. The van der Waals surface area contributed by atoms with Crippen molar-refractivity contribution in [1.29, 1.82) is 0 Å².